The van der Waals surface area contributed by atoms with Gasteiger partial charge in [0.1, 0.15) is 5.75 Å². The molecule has 4 aromatic rings. The first-order valence-electron chi connectivity index (χ1n) is 9.30. The van der Waals surface area contributed by atoms with Crippen LogP contribution >= 0.6 is 11.6 Å². The molecule has 0 fully saturated rings. The molecule has 0 aliphatic heterocycles. The fourth-order valence-electron chi connectivity index (χ4n) is 3.83. The van der Waals surface area contributed by atoms with Gasteiger partial charge >= 0.3 is 0 Å². The third-order valence-electron chi connectivity index (χ3n) is 5.26. The number of nitrogens with zero attached hydrogens (tertiary/aromatic N) is 4. The predicted molar refractivity (Wildman–Crippen MR) is 110 cm³/mol. The molecule has 5 rings (SSSR count). The fraction of sp³-hybridized carbons (Fsp3) is 0.182. The fourth-order valence-corrected chi connectivity index (χ4v) is 3.95. The van der Waals surface area contributed by atoms with Crippen molar-refractivity contribution in [3.05, 3.63) is 76.6 Å². The zero-order valence-corrected chi connectivity index (χ0v) is 16.4. The summed E-state index contributed by atoms with van der Waals surface area (Å²) in [6, 6.07) is 15.1. The molecule has 1 aliphatic carbocycles. The van der Waals surface area contributed by atoms with Crippen LogP contribution in [-0.4, -0.2) is 32.5 Å². The summed E-state index contributed by atoms with van der Waals surface area (Å²) in [5.74, 6) is 1.90. The third kappa shape index (κ3) is 3.15. The van der Waals surface area contributed by atoms with Gasteiger partial charge in [-0.1, -0.05) is 29.8 Å². The smallest absolute Gasteiger partial charge is 0.252 e. The minimum absolute atomic E-state index is 0.0276. The summed E-state index contributed by atoms with van der Waals surface area (Å²) in [6.45, 7) is 0. The molecule has 2 aromatic heterocycles. The van der Waals surface area contributed by atoms with Gasteiger partial charge in [0.05, 0.1) is 18.4 Å². The SMILES string of the molecule is COc1ccccc1[C@@H]1CC(=O)c2cn3nc(-c4ccc(Cl)cc4)nc3nc2C1. The van der Waals surface area contributed by atoms with Crippen LogP contribution in [0, 0.1) is 0 Å². The highest BCUT2D eigenvalue weighted by Gasteiger charge is 2.30. The second kappa shape index (κ2) is 6.97. The first-order chi connectivity index (χ1) is 14.1. The molecule has 2 aromatic carbocycles. The molecule has 0 unspecified atom stereocenters. The molecule has 0 amide bonds. The van der Waals surface area contributed by atoms with Crippen molar-refractivity contribution in [1.29, 1.82) is 0 Å². The Labute approximate surface area is 172 Å². The number of carbonyl (C=O) groups excluding carboxylic acids is 1. The summed E-state index contributed by atoms with van der Waals surface area (Å²) in [5, 5.41) is 5.14. The van der Waals surface area contributed by atoms with Crippen molar-refractivity contribution < 1.29 is 9.53 Å². The molecular weight excluding hydrogens is 388 g/mol. The molecule has 1 aliphatic rings. The zero-order chi connectivity index (χ0) is 20.0. The molecule has 29 heavy (non-hydrogen) atoms. The third-order valence-corrected chi connectivity index (χ3v) is 5.52. The Bertz CT molecular complexity index is 1230. The Morgan fingerprint density at radius 2 is 1.86 bits per heavy atom. The summed E-state index contributed by atoms with van der Waals surface area (Å²) in [6.07, 6.45) is 2.81. The molecule has 0 saturated carbocycles. The number of halogens is 1. The first-order valence-corrected chi connectivity index (χ1v) is 9.68. The van der Waals surface area contributed by atoms with Crippen LogP contribution in [0.1, 0.15) is 34.0 Å². The summed E-state index contributed by atoms with van der Waals surface area (Å²) >= 11 is 5.96. The number of carbonyl (C=O) groups is 1. The Kier molecular flexibility index (Phi) is 4.28. The van der Waals surface area contributed by atoms with Gasteiger partial charge in [0, 0.05) is 29.1 Å². The lowest BCUT2D eigenvalue weighted by Gasteiger charge is -2.24. The molecule has 0 spiro atoms. The lowest BCUT2D eigenvalue weighted by atomic mass is 9.82. The highest BCUT2D eigenvalue weighted by molar-refractivity contribution is 6.30. The van der Waals surface area contributed by atoms with Crippen molar-refractivity contribution in [3.63, 3.8) is 0 Å². The molecule has 0 radical (unpaired) electrons. The van der Waals surface area contributed by atoms with Gasteiger partial charge in [-0.05, 0) is 42.3 Å². The van der Waals surface area contributed by atoms with Crippen molar-refractivity contribution in [2.45, 2.75) is 18.8 Å². The average Bonchev–Trinajstić information content (AvgIpc) is 3.15. The number of para-hydroxylation sites is 1. The van der Waals surface area contributed by atoms with E-state index < -0.39 is 0 Å². The zero-order valence-electron chi connectivity index (χ0n) is 15.7. The number of fused-ring (bicyclic) bond motifs is 2. The van der Waals surface area contributed by atoms with E-state index >= 15 is 0 Å². The Morgan fingerprint density at radius 3 is 2.66 bits per heavy atom. The lowest BCUT2D eigenvalue weighted by molar-refractivity contribution is 0.0962. The maximum absolute atomic E-state index is 12.9. The average molecular weight is 405 g/mol. The van der Waals surface area contributed by atoms with Crippen LogP contribution < -0.4 is 4.74 Å². The van der Waals surface area contributed by atoms with Gasteiger partial charge in [0.25, 0.3) is 5.78 Å². The number of rotatable bonds is 3. The largest absolute Gasteiger partial charge is 0.496 e. The highest BCUT2D eigenvalue weighted by Crippen LogP contribution is 2.36. The monoisotopic (exact) mass is 404 g/mol. The van der Waals surface area contributed by atoms with E-state index in [0.717, 1.165) is 22.6 Å². The number of hydrogen-bond acceptors (Lipinski definition) is 5. The van der Waals surface area contributed by atoms with Crippen LogP contribution in [0.4, 0.5) is 0 Å². The molecule has 0 N–H and O–H groups in total. The van der Waals surface area contributed by atoms with Crippen LogP contribution in [0.25, 0.3) is 17.2 Å². The van der Waals surface area contributed by atoms with Gasteiger partial charge in [-0.2, -0.15) is 4.98 Å². The quantitative estimate of drug-likeness (QED) is 0.507. The predicted octanol–water partition coefficient (Wildman–Crippen LogP) is 4.37. The highest BCUT2D eigenvalue weighted by atomic mass is 35.5. The van der Waals surface area contributed by atoms with Gasteiger partial charge in [0.2, 0.25) is 0 Å². The number of methoxy groups -OCH3 is 1. The van der Waals surface area contributed by atoms with Gasteiger partial charge in [-0.15, -0.1) is 5.10 Å². The molecular formula is C22H17ClN4O2. The Balaban J connectivity index is 1.55. The number of benzene rings is 2. The molecule has 0 saturated heterocycles. The van der Waals surface area contributed by atoms with E-state index in [9.17, 15) is 4.79 Å². The summed E-state index contributed by atoms with van der Waals surface area (Å²) in [5.41, 5.74) is 3.23. The standard InChI is InChI=1S/C22H17ClN4O2/c1-29-20-5-3-2-4-16(20)14-10-18-17(19(28)11-14)12-27-22(24-18)25-21(26-27)13-6-8-15(23)9-7-13/h2-9,12,14H,10-11H2,1H3/t14-/m0/s1. The van der Waals surface area contributed by atoms with Crippen molar-refractivity contribution in [2.75, 3.05) is 7.11 Å². The van der Waals surface area contributed by atoms with Crippen LogP contribution in [0.3, 0.4) is 0 Å². The van der Waals surface area contributed by atoms with E-state index in [-0.39, 0.29) is 11.7 Å². The van der Waals surface area contributed by atoms with Gasteiger partial charge < -0.3 is 4.74 Å². The topological polar surface area (TPSA) is 69.4 Å². The number of aromatic nitrogens is 4. The number of ketones is 1. The lowest BCUT2D eigenvalue weighted by Crippen LogP contribution is -2.21. The number of hydrogen-bond donors (Lipinski definition) is 0. The van der Waals surface area contributed by atoms with E-state index in [1.54, 1.807) is 30.0 Å². The van der Waals surface area contributed by atoms with E-state index in [4.69, 9.17) is 16.3 Å². The second-order valence-electron chi connectivity index (χ2n) is 7.06. The Hall–Kier alpha value is -3.25. The van der Waals surface area contributed by atoms with E-state index in [1.807, 2.05) is 36.4 Å². The molecule has 0 bridgehead atoms. The first kappa shape index (κ1) is 17.8. The van der Waals surface area contributed by atoms with Crippen molar-refractivity contribution >= 4 is 23.2 Å². The molecule has 7 heteroatoms. The summed E-state index contributed by atoms with van der Waals surface area (Å²) in [7, 11) is 1.65. The maximum Gasteiger partial charge on any atom is 0.252 e. The van der Waals surface area contributed by atoms with Crippen molar-refractivity contribution in [3.8, 4) is 17.1 Å². The molecule has 144 valence electrons. The minimum atomic E-state index is 0.0276. The van der Waals surface area contributed by atoms with E-state index in [0.29, 0.717) is 35.0 Å². The molecule has 1 atom stereocenters. The van der Waals surface area contributed by atoms with E-state index in [2.05, 4.69) is 15.1 Å². The summed E-state index contributed by atoms with van der Waals surface area (Å²) in [4.78, 5) is 22.1. The Morgan fingerprint density at radius 1 is 1.07 bits per heavy atom. The maximum atomic E-state index is 12.9. The van der Waals surface area contributed by atoms with Gasteiger partial charge in [-0.25, -0.2) is 9.50 Å². The van der Waals surface area contributed by atoms with Crippen LogP contribution in [0.2, 0.25) is 5.02 Å². The van der Waals surface area contributed by atoms with Gasteiger partial charge in [-0.3, -0.25) is 4.79 Å². The van der Waals surface area contributed by atoms with Crippen LogP contribution in [0.15, 0.2) is 54.7 Å². The van der Waals surface area contributed by atoms with Crippen molar-refractivity contribution in [1.82, 2.24) is 19.6 Å². The normalized spacial score (nSPS) is 16.1. The van der Waals surface area contributed by atoms with Crippen molar-refractivity contribution in [2.24, 2.45) is 0 Å². The summed E-state index contributed by atoms with van der Waals surface area (Å²) < 4.78 is 7.06. The van der Waals surface area contributed by atoms with Crippen LogP contribution in [0.5, 0.6) is 5.75 Å². The molecule has 2 heterocycles. The second-order valence-corrected chi connectivity index (χ2v) is 7.49. The van der Waals surface area contributed by atoms with Gasteiger partial charge in [0.15, 0.2) is 11.6 Å². The number of ether oxygens (including phenoxy) is 1. The minimum Gasteiger partial charge on any atom is -0.496 e. The molecule has 6 nitrogen and oxygen atoms in total. The van der Waals surface area contributed by atoms with E-state index in [1.165, 1.54) is 0 Å². The van der Waals surface area contributed by atoms with Crippen LogP contribution in [-0.2, 0) is 6.42 Å². The number of Topliss-reactive ketones (excluding diaryl/α,β-unsaturated/α-hetero) is 1.